The highest BCUT2D eigenvalue weighted by Crippen LogP contribution is 2.64. The Morgan fingerprint density at radius 2 is 1.39 bits per heavy atom. The number of thiophene rings is 1. The molecule has 2 atom stereocenters. The SMILES string of the molecule is CC12c3cc(-c4nc(-c5ccccc5)c5c(n4)sc4ccccc45)ccc3-c3cccc(c3)C3CC=CC4=C3c3cc1c(cc3C41CCCCC1)-c1ccccc12. The second-order valence-electron chi connectivity index (χ2n) is 17.2. The largest absolute Gasteiger partial charge is 0.227 e. The smallest absolute Gasteiger partial charge is 0.161 e. The van der Waals surface area contributed by atoms with E-state index in [-0.39, 0.29) is 5.41 Å². The maximum absolute atomic E-state index is 5.48. The molecule has 0 N–H and O–H groups in total. The minimum atomic E-state index is -0.403. The van der Waals surface area contributed by atoms with Gasteiger partial charge < -0.3 is 0 Å². The molecule has 5 aliphatic carbocycles. The van der Waals surface area contributed by atoms with Crippen LogP contribution in [0.25, 0.3) is 70.8 Å². The second kappa shape index (κ2) is 11.6. The minimum absolute atomic E-state index is 0.104. The summed E-state index contributed by atoms with van der Waals surface area (Å²) in [6.45, 7) is 2.50. The Labute approximate surface area is 337 Å². The van der Waals surface area contributed by atoms with Crippen LogP contribution in [0.15, 0.2) is 151 Å². The Balaban J connectivity index is 1.12. The molecular weight excluding hydrogens is 709 g/mol. The van der Waals surface area contributed by atoms with E-state index in [1.165, 1.54) is 92.3 Å². The van der Waals surface area contributed by atoms with Crippen LogP contribution < -0.4 is 0 Å². The van der Waals surface area contributed by atoms with Crippen LogP contribution >= 0.6 is 11.3 Å². The van der Waals surface area contributed by atoms with Gasteiger partial charge in [-0.05, 0) is 117 Å². The number of hydrogen-bond acceptors (Lipinski definition) is 3. The van der Waals surface area contributed by atoms with Crippen molar-refractivity contribution in [3.8, 4) is 44.9 Å². The predicted octanol–water partition coefficient (Wildman–Crippen LogP) is 14.2. The summed E-state index contributed by atoms with van der Waals surface area (Å²) < 4.78 is 1.24. The summed E-state index contributed by atoms with van der Waals surface area (Å²) in [5.74, 6) is 1.12. The molecule has 2 aromatic heterocycles. The van der Waals surface area contributed by atoms with E-state index >= 15 is 0 Å². The van der Waals surface area contributed by atoms with E-state index in [0.717, 1.165) is 39.3 Å². The molecule has 2 heterocycles. The first-order valence-corrected chi connectivity index (χ1v) is 21.6. The summed E-state index contributed by atoms with van der Waals surface area (Å²) in [7, 11) is 0. The average Bonchev–Trinajstić information content (AvgIpc) is 3.87. The van der Waals surface area contributed by atoms with Gasteiger partial charge in [-0.15, -0.1) is 11.3 Å². The highest BCUT2D eigenvalue weighted by Gasteiger charge is 2.50. The van der Waals surface area contributed by atoms with Crippen molar-refractivity contribution < 1.29 is 0 Å². The fourth-order valence-electron chi connectivity index (χ4n) is 11.9. The minimum Gasteiger partial charge on any atom is -0.227 e. The summed E-state index contributed by atoms with van der Waals surface area (Å²) in [5.41, 5.74) is 20.1. The molecule has 0 aliphatic heterocycles. The third-order valence-electron chi connectivity index (χ3n) is 14.5. The highest BCUT2D eigenvalue weighted by molar-refractivity contribution is 7.25. The van der Waals surface area contributed by atoms with Crippen LogP contribution in [0.3, 0.4) is 0 Å². The Morgan fingerprint density at radius 1 is 0.596 bits per heavy atom. The van der Waals surface area contributed by atoms with Gasteiger partial charge in [0, 0.05) is 43.3 Å². The molecule has 13 rings (SSSR count). The number of benzene rings is 6. The van der Waals surface area contributed by atoms with Crippen LogP contribution in [0, 0.1) is 0 Å². The first-order chi connectivity index (χ1) is 28.1. The fraction of sp³-hybridized carbons (Fsp3) is 0.185. The second-order valence-corrected chi connectivity index (χ2v) is 18.2. The van der Waals surface area contributed by atoms with Gasteiger partial charge in [-0.1, -0.05) is 141 Å². The van der Waals surface area contributed by atoms with Crippen molar-refractivity contribution in [2.45, 2.75) is 62.2 Å². The van der Waals surface area contributed by atoms with E-state index in [2.05, 4.69) is 153 Å². The van der Waals surface area contributed by atoms with Gasteiger partial charge >= 0.3 is 0 Å². The molecule has 5 aliphatic rings. The normalized spacial score (nSPS) is 20.5. The van der Waals surface area contributed by atoms with E-state index in [4.69, 9.17) is 9.97 Å². The lowest BCUT2D eigenvalue weighted by molar-refractivity contribution is 0.349. The number of hydrogen-bond donors (Lipinski definition) is 0. The number of allylic oxidation sites excluding steroid dienone is 4. The van der Waals surface area contributed by atoms with Crippen LogP contribution in [-0.2, 0) is 10.8 Å². The van der Waals surface area contributed by atoms with Gasteiger partial charge in [-0.25, -0.2) is 9.97 Å². The van der Waals surface area contributed by atoms with Gasteiger partial charge in [0.05, 0.1) is 5.69 Å². The van der Waals surface area contributed by atoms with Crippen molar-refractivity contribution in [1.82, 2.24) is 9.97 Å². The Hall–Kier alpha value is -5.90. The molecule has 0 saturated heterocycles. The van der Waals surface area contributed by atoms with E-state index in [1.807, 2.05) is 0 Å². The van der Waals surface area contributed by atoms with Crippen LogP contribution in [0.1, 0.15) is 84.7 Å². The van der Waals surface area contributed by atoms with Crippen LogP contribution in [-0.4, -0.2) is 9.97 Å². The van der Waals surface area contributed by atoms with Gasteiger partial charge in [0.25, 0.3) is 0 Å². The standard InChI is InChI=1S/C54H40N2S/c1-53-42-21-8-6-18-38(42)40-30-46-41(31-45(40)53)48-37(20-13-22-43(48)54(46)26-10-3-11-27-54)34-17-12-16-33(28-34)36-25-24-35(29-44(36)53)51-55-50(32-14-4-2-5-15-32)49-39-19-7-9-23-47(39)57-52(49)56-51/h2,4-9,12-19,21-25,28-31,37H,3,10-11,20,26-27H2,1H3. The number of nitrogens with zero attached hydrogens (tertiary/aromatic N) is 2. The van der Waals surface area contributed by atoms with Crippen LogP contribution in [0.2, 0.25) is 0 Å². The number of rotatable bonds is 2. The summed E-state index contributed by atoms with van der Waals surface area (Å²) in [6.07, 6.45) is 12.5. The molecule has 8 aromatic rings. The van der Waals surface area contributed by atoms with Gasteiger partial charge in [0.2, 0.25) is 0 Å². The van der Waals surface area contributed by atoms with Gasteiger partial charge in [-0.2, -0.15) is 0 Å². The van der Waals surface area contributed by atoms with Crippen molar-refractivity contribution in [2.75, 3.05) is 0 Å². The monoisotopic (exact) mass is 748 g/mol. The first-order valence-electron chi connectivity index (χ1n) is 20.8. The maximum atomic E-state index is 5.48. The van der Waals surface area contributed by atoms with E-state index < -0.39 is 5.41 Å². The van der Waals surface area contributed by atoms with Crippen molar-refractivity contribution in [1.29, 1.82) is 0 Å². The third kappa shape index (κ3) is 4.25. The molecule has 272 valence electrons. The van der Waals surface area contributed by atoms with Crippen LogP contribution in [0.5, 0.6) is 0 Å². The van der Waals surface area contributed by atoms with Gasteiger partial charge in [-0.3, -0.25) is 0 Å². The third-order valence-corrected chi connectivity index (χ3v) is 15.5. The molecule has 3 heteroatoms. The zero-order chi connectivity index (χ0) is 37.5. The van der Waals surface area contributed by atoms with Crippen LogP contribution in [0.4, 0.5) is 0 Å². The molecule has 1 spiro atoms. The summed E-state index contributed by atoms with van der Waals surface area (Å²) in [6, 6.07) is 50.6. The lowest BCUT2D eigenvalue weighted by atomic mass is 9.65. The van der Waals surface area contributed by atoms with E-state index in [9.17, 15) is 0 Å². The molecular formula is C54H40N2S. The fourth-order valence-corrected chi connectivity index (χ4v) is 13.0. The number of aromatic nitrogens is 2. The summed E-state index contributed by atoms with van der Waals surface area (Å²) in [5, 5.41) is 2.35. The number of fused-ring (bicyclic) bond motifs is 14. The molecule has 2 unspecified atom stereocenters. The first kappa shape index (κ1) is 32.2. The molecule has 6 aromatic carbocycles. The Morgan fingerprint density at radius 3 is 2.30 bits per heavy atom. The quantitative estimate of drug-likeness (QED) is 0.176. The zero-order valence-corrected chi connectivity index (χ0v) is 32.8. The lowest BCUT2D eigenvalue weighted by Gasteiger charge is -2.38. The molecule has 0 radical (unpaired) electrons. The van der Waals surface area contributed by atoms with Crippen molar-refractivity contribution in [3.05, 3.63) is 185 Å². The average molecular weight is 749 g/mol. The topological polar surface area (TPSA) is 25.8 Å². The molecule has 57 heavy (non-hydrogen) atoms. The predicted molar refractivity (Wildman–Crippen MR) is 237 cm³/mol. The van der Waals surface area contributed by atoms with Gasteiger partial charge in [0.1, 0.15) is 4.83 Å². The molecule has 0 amide bonds. The molecule has 4 bridgehead atoms. The summed E-state index contributed by atoms with van der Waals surface area (Å²) >= 11 is 1.76. The van der Waals surface area contributed by atoms with Crippen molar-refractivity contribution >= 4 is 37.2 Å². The zero-order valence-electron chi connectivity index (χ0n) is 32.0. The van der Waals surface area contributed by atoms with Crippen molar-refractivity contribution in [2.24, 2.45) is 0 Å². The Kier molecular flexibility index (Phi) is 6.55. The molecule has 1 fully saturated rings. The molecule has 2 nitrogen and oxygen atoms in total. The summed E-state index contributed by atoms with van der Waals surface area (Å²) in [4.78, 5) is 11.9. The highest BCUT2D eigenvalue weighted by atomic mass is 32.1. The maximum Gasteiger partial charge on any atom is 0.161 e. The van der Waals surface area contributed by atoms with E-state index in [1.54, 1.807) is 28.0 Å². The Bertz CT molecular complexity index is 3100. The lowest BCUT2D eigenvalue weighted by Crippen LogP contribution is -2.29. The van der Waals surface area contributed by atoms with Gasteiger partial charge in [0.15, 0.2) is 5.82 Å². The molecule has 1 saturated carbocycles. The van der Waals surface area contributed by atoms with E-state index in [0.29, 0.717) is 5.92 Å². The van der Waals surface area contributed by atoms with Crippen molar-refractivity contribution in [3.63, 3.8) is 0 Å².